The Morgan fingerprint density at radius 3 is 1.44 bits per heavy atom. The van der Waals surface area contributed by atoms with Gasteiger partial charge in [-0.15, -0.1) is 0 Å². The largest absolute Gasteiger partial charge is 0.480 e. The van der Waals surface area contributed by atoms with Gasteiger partial charge in [-0.25, -0.2) is 0 Å². The first-order valence-corrected chi connectivity index (χ1v) is 14.1. The molecule has 1 aliphatic carbocycles. The van der Waals surface area contributed by atoms with Gasteiger partial charge in [0, 0.05) is 58.9 Å². The summed E-state index contributed by atoms with van der Waals surface area (Å²) < 4.78 is 5.15. The molecule has 1 amide bonds. The summed E-state index contributed by atoms with van der Waals surface area (Å²) in [6.07, 6.45) is 4.59. The van der Waals surface area contributed by atoms with Gasteiger partial charge >= 0.3 is 23.9 Å². The fraction of sp³-hybridized carbons (Fsp3) is 0.741. The molecular weight excluding hydrogens is 538 g/mol. The van der Waals surface area contributed by atoms with Gasteiger partial charge in [0.2, 0.25) is 5.91 Å². The van der Waals surface area contributed by atoms with Crippen molar-refractivity contribution < 1.29 is 44.0 Å². The minimum absolute atomic E-state index is 0.0795. The van der Waals surface area contributed by atoms with E-state index in [1.54, 1.807) is 20.8 Å². The first-order valence-electron chi connectivity index (χ1n) is 14.1. The summed E-state index contributed by atoms with van der Waals surface area (Å²) in [5.41, 5.74) is 0. The molecule has 0 spiro atoms. The molecule has 2 aliphatic rings. The summed E-state index contributed by atoms with van der Waals surface area (Å²) in [5, 5.41) is 31.0. The number of carbonyl (C=O) groups is 5. The molecule has 0 aromatic rings. The van der Waals surface area contributed by atoms with E-state index in [0.717, 1.165) is 12.8 Å². The highest BCUT2D eigenvalue weighted by Crippen LogP contribution is 2.29. The quantitative estimate of drug-likeness (QED) is 0.155. The van der Waals surface area contributed by atoms with Crippen molar-refractivity contribution in [2.24, 2.45) is 11.8 Å². The summed E-state index contributed by atoms with van der Waals surface area (Å²) in [7, 11) is 0. The highest BCUT2D eigenvalue weighted by Gasteiger charge is 2.28. The van der Waals surface area contributed by atoms with Gasteiger partial charge in [0.1, 0.15) is 6.61 Å². The Kier molecular flexibility index (Phi) is 15.3. The van der Waals surface area contributed by atoms with Crippen molar-refractivity contribution in [1.82, 2.24) is 24.9 Å². The van der Waals surface area contributed by atoms with Crippen molar-refractivity contribution in [2.45, 2.75) is 25.7 Å². The van der Waals surface area contributed by atoms with E-state index in [-0.39, 0.29) is 56.5 Å². The third kappa shape index (κ3) is 14.4. The molecule has 0 atom stereocenters. The fourth-order valence-corrected chi connectivity index (χ4v) is 5.16. The average molecular weight is 584 g/mol. The summed E-state index contributed by atoms with van der Waals surface area (Å²) in [4.78, 5) is 66.1. The standard InChI is InChI=1S/C27H45N5O9/c1-2-15-41-27(40)22-5-3-21(4-6-22)16-28-23(33)17-29-7-9-30(18-24(34)35)11-13-32(20-26(38)39)14-12-31(10-8-29)19-25(36)37/h2,21-22H,1,3-20H2,(H,28,33)(H,34,35)(H,36,37)(H,38,39). The van der Waals surface area contributed by atoms with E-state index in [9.17, 15) is 39.3 Å². The molecule has 1 aliphatic heterocycles. The van der Waals surface area contributed by atoms with Crippen LogP contribution in [-0.4, -0.2) is 156 Å². The predicted octanol–water partition coefficient (Wildman–Crippen LogP) is -0.886. The number of carbonyl (C=O) groups excluding carboxylic acids is 2. The zero-order valence-corrected chi connectivity index (χ0v) is 23.7. The molecule has 4 N–H and O–H groups in total. The number of aliphatic carboxylic acids is 3. The van der Waals surface area contributed by atoms with Gasteiger partial charge in [0.25, 0.3) is 0 Å². The Morgan fingerprint density at radius 2 is 1.07 bits per heavy atom. The van der Waals surface area contributed by atoms with E-state index in [1.165, 1.54) is 0 Å². The third-order valence-corrected chi connectivity index (χ3v) is 7.49. The zero-order valence-electron chi connectivity index (χ0n) is 23.7. The van der Waals surface area contributed by atoms with Gasteiger partial charge in [-0.05, 0) is 31.6 Å². The van der Waals surface area contributed by atoms with Gasteiger partial charge < -0.3 is 25.4 Å². The topological polar surface area (TPSA) is 180 Å². The number of hydrogen-bond donors (Lipinski definition) is 4. The molecule has 2 rings (SSSR count). The average Bonchev–Trinajstić information content (AvgIpc) is 2.91. The number of carboxylic acid groups (broad SMARTS) is 3. The molecule has 0 aromatic carbocycles. The Hall–Kier alpha value is -3.07. The van der Waals surface area contributed by atoms with Gasteiger partial charge in [0.15, 0.2) is 0 Å². The van der Waals surface area contributed by atoms with Crippen molar-refractivity contribution in [1.29, 1.82) is 0 Å². The van der Waals surface area contributed by atoms with Gasteiger partial charge in [0.05, 0.1) is 32.1 Å². The van der Waals surface area contributed by atoms with Crippen LogP contribution in [0.3, 0.4) is 0 Å². The lowest BCUT2D eigenvalue weighted by Crippen LogP contribution is -2.50. The molecule has 2 fully saturated rings. The number of nitrogens with one attached hydrogen (secondary N) is 1. The minimum atomic E-state index is -1.01. The number of esters is 1. The van der Waals surface area contributed by atoms with Crippen LogP contribution in [0.5, 0.6) is 0 Å². The van der Waals surface area contributed by atoms with Crippen LogP contribution in [0.2, 0.25) is 0 Å². The number of nitrogens with zero attached hydrogens (tertiary/aromatic N) is 4. The Morgan fingerprint density at radius 1 is 0.683 bits per heavy atom. The minimum Gasteiger partial charge on any atom is -0.480 e. The third-order valence-electron chi connectivity index (χ3n) is 7.49. The molecule has 1 saturated heterocycles. The fourth-order valence-electron chi connectivity index (χ4n) is 5.16. The summed E-state index contributed by atoms with van der Waals surface area (Å²) in [6.45, 7) is 6.43. The maximum atomic E-state index is 12.9. The van der Waals surface area contributed by atoms with E-state index in [2.05, 4.69) is 11.9 Å². The molecule has 0 bridgehead atoms. The molecule has 1 heterocycles. The van der Waals surface area contributed by atoms with Crippen molar-refractivity contribution in [2.75, 3.05) is 91.7 Å². The zero-order chi connectivity index (χ0) is 30.2. The van der Waals surface area contributed by atoms with Crippen LogP contribution in [0.1, 0.15) is 25.7 Å². The van der Waals surface area contributed by atoms with Crippen LogP contribution < -0.4 is 5.32 Å². The second-order valence-corrected chi connectivity index (χ2v) is 10.7. The highest BCUT2D eigenvalue weighted by atomic mass is 16.5. The van der Waals surface area contributed by atoms with Crippen molar-refractivity contribution in [3.8, 4) is 0 Å². The van der Waals surface area contributed by atoms with E-state index in [4.69, 9.17) is 4.74 Å². The summed E-state index contributed by atoms with van der Waals surface area (Å²) >= 11 is 0. The van der Waals surface area contributed by atoms with E-state index in [1.807, 2.05) is 4.90 Å². The summed E-state index contributed by atoms with van der Waals surface area (Å²) in [6, 6.07) is 0. The maximum Gasteiger partial charge on any atom is 0.317 e. The van der Waals surface area contributed by atoms with Crippen LogP contribution >= 0.6 is 0 Å². The Labute approximate surface area is 240 Å². The lowest BCUT2D eigenvalue weighted by molar-refractivity contribution is -0.148. The van der Waals surface area contributed by atoms with Gasteiger partial charge in [-0.1, -0.05) is 12.7 Å². The van der Waals surface area contributed by atoms with E-state index in [0.29, 0.717) is 71.7 Å². The van der Waals surface area contributed by atoms with Gasteiger partial charge in [-0.2, -0.15) is 0 Å². The van der Waals surface area contributed by atoms with Crippen molar-refractivity contribution in [3.63, 3.8) is 0 Å². The van der Waals surface area contributed by atoms with Crippen molar-refractivity contribution >= 4 is 29.8 Å². The molecule has 232 valence electrons. The van der Waals surface area contributed by atoms with Crippen LogP contribution in [0.4, 0.5) is 0 Å². The molecule has 41 heavy (non-hydrogen) atoms. The lowest BCUT2D eigenvalue weighted by atomic mass is 9.82. The normalized spacial score (nSPS) is 22.5. The molecular formula is C27H45N5O9. The summed E-state index contributed by atoms with van der Waals surface area (Å²) in [5.74, 6) is -3.24. The molecule has 14 nitrogen and oxygen atoms in total. The predicted molar refractivity (Wildman–Crippen MR) is 148 cm³/mol. The molecule has 0 radical (unpaired) electrons. The van der Waals surface area contributed by atoms with E-state index < -0.39 is 17.9 Å². The first kappa shape index (κ1) is 34.1. The number of carboxylic acids is 3. The number of amides is 1. The monoisotopic (exact) mass is 583 g/mol. The van der Waals surface area contributed by atoms with Crippen LogP contribution in [0, 0.1) is 11.8 Å². The smallest absolute Gasteiger partial charge is 0.317 e. The van der Waals surface area contributed by atoms with Crippen LogP contribution in [0.15, 0.2) is 12.7 Å². The van der Waals surface area contributed by atoms with Crippen molar-refractivity contribution in [3.05, 3.63) is 12.7 Å². The Balaban J connectivity index is 1.95. The highest BCUT2D eigenvalue weighted by molar-refractivity contribution is 5.78. The Bertz CT molecular complexity index is 862. The van der Waals surface area contributed by atoms with Crippen LogP contribution in [0.25, 0.3) is 0 Å². The number of hydrogen-bond acceptors (Lipinski definition) is 10. The number of ether oxygens (including phenoxy) is 1. The molecule has 14 heteroatoms. The first-order chi connectivity index (χ1) is 19.5. The maximum absolute atomic E-state index is 12.9. The number of rotatable bonds is 13. The van der Waals surface area contributed by atoms with Crippen LogP contribution in [-0.2, 0) is 28.7 Å². The lowest BCUT2D eigenvalue weighted by Gasteiger charge is -2.33. The second-order valence-electron chi connectivity index (χ2n) is 10.7. The van der Waals surface area contributed by atoms with Gasteiger partial charge in [-0.3, -0.25) is 43.6 Å². The van der Waals surface area contributed by atoms with E-state index >= 15 is 0 Å². The molecule has 0 unspecified atom stereocenters. The molecule has 0 aromatic heterocycles. The molecule has 1 saturated carbocycles. The SMILES string of the molecule is C=CCOC(=O)C1CCC(CNC(=O)CN2CCN(CC(=O)O)CCN(CC(=O)O)CCN(CC(=O)O)CC2)CC1. The second kappa shape index (κ2) is 18.4.